The molecule has 0 aromatic carbocycles. The van der Waals surface area contributed by atoms with E-state index in [1.165, 1.54) is 38.6 Å². The van der Waals surface area contributed by atoms with Gasteiger partial charge in [0.25, 0.3) is 0 Å². The SMILES string of the molecule is CCCN(CCN(C)C)C1(CN)CCC(C(C)(C)C)CC1. The second-order valence-corrected chi connectivity index (χ2v) is 8.36. The molecule has 1 rings (SSSR count). The number of nitrogens with zero attached hydrogens (tertiary/aromatic N) is 2. The van der Waals surface area contributed by atoms with Crippen molar-refractivity contribution in [2.24, 2.45) is 17.1 Å². The van der Waals surface area contributed by atoms with E-state index in [1.54, 1.807) is 0 Å². The molecule has 3 nitrogen and oxygen atoms in total. The van der Waals surface area contributed by atoms with E-state index >= 15 is 0 Å². The predicted octanol–water partition coefficient (Wildman–Crippen LogP) is 3.19. The highest BCUT2D eigenvalue weighted by Gasteiger charge is 2.41. The van der Waals surface area contributed by atoms with E-state index in [9.17, 15) is 0 Å². The second kappa shape index (κ2) is 7.94. The number of hydrogen-bond donors (Lipinski definition) is 1. The molecule has 0 spiro atoms. The van der Waals surface area contributed by atoms with Crippen molar-refractivity contribution in [2.45, 2.75) is 65.3 Å². The van der Waals surface area contributed by atoms with Crippen LogP contribution in [0.2, 0.25) is 0 Å². The van der Waals surface area contributed by atoms with E-state index in [4.69, 9.17) is 5.73 Å². The molecule has 1 saturated carbocycles. The van der Waals surface area contributed by atoms with Gasteiger partial charge in [-0.2, -0.15) is 0 Å². The summed E-state index contributed by atoms with van der Waals surface area (Å²) in [5.41, 5.74) is 6.98. The molecule has 0 aliphatic heterocycles. The third-order valence-electron chi connectivity index (χ3n) is 5.50. The van der Waals surface area contributed by atoms with Gasteiger partial charge in [-0.3, -0.25) is 4.90 Å². The summed E-state index contributed by atoms with van der Waals surface area (Å²) in [6.07, 6.45) is 6.45. The van der Waals surface area contributed by atoms with Crippen molar-refractivity contribution in [3.8, 4) is 0 Å². The molecule has 2 N–H and O–H groups in total. The fourth-order valence-corrected chi connectivity index (χ4v) is 3.85. The third kappa shape index (κ3) is 5.22. The Morgan fingerprint density at radius 3 is 2.00 bits per heavy atom. The summed E-state index contributed by atoms with van der Waals surface area (Å²) < 4.78 is 0. The van der Waals surface area contributed by atoms with E-state index in [0.29, 0.717) is 5.41 Å². The van der Waals surface area contributed by atoms with Gasteiger partial charge in [0.2, 0.25) is 0 Å². The molecule has 1 aliphatic carbocycles. The van der Waals surface area contributed by atoms with Gasteiger partial charge in [0.1, 0.15) is 0 Å². The largest absolute Gasteiger partial charge is 0.329 e. The molecule has 0 amide bonds. The summed E-state index contributed by atoms with van der Waals surface area (Å²) >= 11 is 0. The summed E-state index contributed by atoms with van der Waals surface area (Å²) in [4.78, 5) is 4.99. The van der Waals surface area contributed by atoms with E-state index in [0.717, 1.165) is 25.6 Å². The Bertz CT molecular complexity index is 285. The molecule has 3 heteroatoms. The van der Waals surface area contributed by atoms with Crippen molar-refractivity contribution in [1.29, 1.82) is 0 Å². The predicted molar refractivity (Wildman–Crippen MR) is 93.6 cm³/mol. The maximum atomic E-state index is 6.28. The van der Waals surface area contributed by atoms with Crippen LogP contribution in [0.25, 0.3) is 0 Å². The first-order chi connectivity index (χ1) is 9.75. The molecule has 0 heterocycles. The monoisotopic (exact) mass is 297 g/mol. The van der Waals surface area contributed by atoms with Gasteiger partial charge in [0.15, 0.2) is 0 Å². The minimum atomic E-state index is 0.258. The Hall–Kier alpha value is -0.120. The second-order valence-electron chi connectivity index (χ2n) is 8.36. The molecule has 1 aliphatic rings. The molecule has 0 aromatic rings. The molecule has 0 unspecified atom stereocenters. The fraction of sp³-hybridized carbons (Fsp3) is 1.00. The van der Waals surface area contributed by atoms with Gasteiger partial charge in [-0.15, -0.1) is 0 Å². The Morgan fingerprint density at radius 2 is 1.62 bits per heavy atom. The molecule has 0 saturated heterocycles. The Morgan fingerprint density at radius 1 is 1.05 bits per heavy atom. The zero-order valence-electron chi connectivity index (χ0n) is 15.4. The average Bonchev–Trinajstić information content (AvgIpc) is 2.42. The van der Waals surface area contributed by atoms with Crippen LogP contribution in [0, 0.1) is 11.3 Å². The minimum Gasteiger partial charge on any atom is -0.329 e. The first-order valence-corrected chi connectivity index (χ1v) is 8.85. The van der Waals surface area contributed by atoms with Crippen LogP contribution >= 0.6 is 0 Å². The van der Waals surface area contributed by atoms with E-state index in [-0.39, 0.29) is 5.54 Å². The molecular weight excluding hydrogens is 258 g/mol. The maximum absolute atomic E-state index is 6.28. The van der Waals surface area contributed by atoms with Crippen LogP contribution in [0.1, 0.15) is 59.8 Å². The van der Waals surface area contributed by atoms with Crippen molar-refractivity contribution in [3.63, 3.8) is 0 Å². The lowest BCUT2D eigenvalue weighted by atomic mass is 9.66. The summed E-state index contributed by atoms with van der Waals surface area (Å²) in [6.45, 7) is 13.7. The lowest BCUT2D eigenvalue weighted by Gasteiger charge is -2.50. The summed E-state index contributed by atoms with van der Waals surface area (Å²) in [5.74, 6) is 0.856. The summed E-state index contributed by atoms with van der Waals surface area (Å²) in [6, 6.07) is 0. The van der Waals surface area contributed by atoms with Crippen LogP contribution in [0.3, 0.4) is 0 Å². The fourth-order valence-electron chi connectivity index (χ4n) is 3.85. The zero-order chi connectivity index (χ0) is 16.1. The van der Waals surface area contributed by atoms with Crippen molar-refractivity contribution in [2.75, 3.05) is 40.3 Å². The number of hydrogen-bond acceptors (Lipinski definition) is 3. The smallest absolute Gasteiger partial charge is 0.0332 e. The van der Waals surface area contributed by atoms with Gasteiger partial charge in [0.05, 0.1) is 0 Å². The first kappa shape index (κ1) is 18.9. The van der Waals surface area contributed by atoms with Gasteiger partial charge in [-0.05, 0) is 64.1 Å². The van der Waals surface area contributed by atoms with Crippen LogP contribution in [-0.2, 0) is 0 Å². The first-order valence-electron chi connectivity index (χ1n) is 8.85. The number of rotatable bonds is 7. The lowest BCUT2D eigenvalue weighted by molar-refractivity contribution is 0.0176. The Labute approximate surface area is 133 Å². The molecular formula is C18H39N3. The third-order valence-corrected chi connectivity index (χ3v) is 5.50. The molecule has 0 atom stereocenters. The Kier molecular flexibility index (Phi) is 7.15. The van der Waals surface area contributed by atoms with Gasteiger partial charge in [0, 0.05) is 25.2 Å². The van der Waals surface area contributed by atoms with E-state index < -0.39 is 0 Å². The molecule has 126 valence electrons. The maximum Gasteiger partial charge on any atom is 0.0332 e. The zero-order valence-corrected chi connectivity index (χ0v) is 15.4. The topological polar surface area (TPSA) is 32.5 Å². The van der Waals surface area contributed by atoms with Gasteiger partial charge in [-0.25, -0.2) is 0 Å². The van der Waals surface area contributed by atoms with Crippen molar-refractivity contribution < 1.29 is 0 Å². The highest BCUT2D eigenvalue weighted by molar-refractivity contribution is 4.97. The van der Waals surface area contributed by atoms with E-state index in [2.05, 4.69) is 51.6 Å². The van der Waals surface area contributed by atoms with Crippen LogP contribution in [-0.4, -0.2) is 55.6 Å². The average molecular weight is 298 g/mol. The van der Waals surface area contributed by atoms with Crippen molar-refractivity contribution >= 4 is 0 Å². The number of nitrogens with two attached hydrogens (primary N) is 1. The molecule has 0 radical (unpaired) electrons. The minimum absolute atomic E-state index is 0.258. The van der Waals surface area contributed by atoms with Crippen LogP contribution in [0.15, 0.2) is 0 Å². The molecule has 0 aromatic heterocycles. The standard InChI is InChI=1S/C18H39N3/c1-7-12-21(14-13-20(5)6)18(15-19)10-8-16(9-11-18)17(2,3)4/h16H,7-15,19H2,1-6H3. The quantitative estimate of drug-likeness (QED) is 0.783. The van der Waals surface area contributed by atoms with Gasteiger partial charge >= 0.3 is 0 Å². The van der Waals surface area contributed by atoms with Crippen molar-refractivity contribution in [3.05, 3.63) is 0 Å². The van der Waals surface area contributed by atoms with Crippen LogP contribution in [0.5, 0.6) is 0 Å². The normalized spacial score (nSPS) is 27.6. The summed E-state index contributed by atoms with van der Waals surface area (Å²) in [7, 11) is 4.32. The van der Waals surface area contributed by atoms with Crippen molar-refractivity contribution in [1.82, 2.24) is 9.80 Å². The van der Waals surface area contributed by atoms with Crippen LogP contribution in [0.4, 0.5) is 0 Å². The summed E-state index contributed by atoms with van der Waals surface area (Å²) in [5, 5.41) is 0. The van der Waals surface area contributed by atoms with Gasteiger partial charge < -0.3 is 10.6 Å². The van der Waals surface area contributed by atoms with Crippen LogP contribution < -0.4 is 5.73 Å². The Balaban J connectivity index is 2.73. The van der Waals surface area contributed by atoms with E-state index in [1.807, 2.05) is 0 Å². The molecule has 1 fully saturated rings. The lowest BCUT2D eigenvalue weighted by Crippen LogP contribution is -2.57. The molecule has 21 heavy (non-hydrogen) atoms. The van der Waals surface area contributed by atoms with Gasteiger partial charge in [-0.1, -0.05) is 27.7 Å². The highest BCUT2D eigenvalue weighted by atomic mass is 15.2. The highest BCUT2D eigenvalue weighted by Crippen LogP contribution is 2.43. The molecule has 0 bridgehead atoms. The number of likely N-dealkylation sites (N-methyl/N-ethyl adjacent to an activating group) is 1.